The molecule has 3 heteroatoms. The molecular formula is C19H40OSi2. The van der Waals surface area contributed by atoms with E-state index in [9.17, 15) is 5.11 Å². The number of hydrogen-bond acceptors (Lipinski definition) is 1. The van der Waals surface area contributed by atoms with E-state index in [2.05, 4.69) is 54.2 Å². The average molecular weight is 341 g/mol. The zero-order valence-electron chi connectivity index (χ0n) is 16.3. The molecule has 0 bridgehead atoms. The average Bonchev–Trinajstić information content (AvgIpc) is 2.50. The molecular weight excluding hydrogens is 300 g/mol. The van der Waals surface area contributed by atoms with Crippen molar-refractivity contribution in [3.63, 3.8) is 0 Å². The molecule has 0 aliphatic rings. The van der Waals surface area contributed by atoms with Crippen molar-refractivity contribution < 1.29 is 5.11 Å². The SMILES string of the molecule is C=C(C)CC(O)C=C([Si](CC)(CC)CC)[Si](CC)(CC)CC. The van der Waals surface area contributed by atoms with Crippen molar-refractivity contribution >= 4 is 16.1 Å². The molecule has 0 aliphatic heterocycles. The summed E-state index contributed by atoms with van der Waals surface area (Å²) in [5.41, 5.74) is 1.08. The van der Waals surface area contributed by atoms with Gasteiger partial charge in [0, 0.05) is 0 Å². The molecule has 0 rings (SSSR count). The van der Waals surface area contributed by atoms with Gasteiger partial charge in [-0.05, 0) is 13.3 Å². The maximum Gasteiger partial charge on any atom is 0.0762 e. The highest BCUT2D eigenvalue weighted by atomic mass is 28.4. The van der Waals surface area contributed by atoms with E-state index in [1.54, 1.807) is 4.82 Å². The van der Waals surface area contributed by atoms with Crippen molar-refractivity contribution in [2.24, 2.45) is 0 Å². The van der Waals surface area contributed by atoms with Gasteiger partial charge in [-0.2, -0.15) is 0 Å². The van der Waals surface area contributed by atoms with Crippen LogP contribution in [0.15, 0.2) is 23.0 Å². The largest absolute Gasteiger partial charge is 0.389 e. The molecule has 1 atom stereocenters. The highest BCUT2D eigenvalue weighted by Crippen LogP contribution is 2.40. The molecule has 0 amide bonds. The zero-order valence-corrected chi connectivity index (χ0v) is 18.3. The minimum atomic E-state index is -1.43. The van der Waals surface area contributed by atoms with Crippen molar-refractivity contribution in [1.29, 1.82) is 0 Å². The molecule has 0 fully saturated rings. The van der Waals surface area contributed by atoms with E-state index in [0.717, 1.165) is 5.57 Å². The second kappa shape index (κ2) is 9.89. The highest BCUT2D eigenvalue weighted by molar-refractivity contribution is 7.07. The summed E-state index contributed by atoms with van der Waals surface area (Å²) in [6.45, 7) is 20.3. The lowest BCUT2D eigenvalue weighted by Crippen LogP contribution is -2.50. The predicted molar refractivity (Wildman–Crippen MR) is 108 cm³/mol. The normalized spacial score (nSPS) is 13.8. The van der Waals surface area contributed by atoms with Crippen LogP contribution in [0.25, 0.3) is 0 Å². The van der Waals surface area contributed by atoms with Gasteiger partial charge in [0.05, 0.1) is 22.3 Å². The van der Waals surface area contributed by atoms with Gasteiger partial charge in [0.2, 0.25) is 0 Å². The molecule has 0 radical (unpaired) electrons. The highest BCUT2D eigenvalue weighted by Gasteiger charge is 2.43. The van der Waals surface area contributed by atoms with E-state index in [0.29, 0.717) is 6.42 Å². The third kappa shape index (κ3) is 4.94. The Morgan fingerprint density at radius 2 is 1.18 bits per heavy atom. The standard InChI is InChI=1S/C19H40OSi2/c1-9-21(10-2,11-3)19(16-18(20)15-17(7)8)22(12-4,13-5)14-6/h16,18,20H,7,9-15H2,1-6,8H3. The van der Waals surface area contributed by atoms with Gasteiger partial charge in [-0.1, -0.05) is 94.3 Å². The molecule has 0 aromatic rings. The lowest BCUT2D eigenvalue weighted by Gasteiger charge is -2.43. The van der Waals surface area contributed by atoms with Crippen LogP contribution in [0.4, 0.5) is 0 Å². The molecule has 0 spiro atoms. The van der Waals surface area contributed by atoms with Crippen molar-refractivity contribution in [2.45, 2.75) is 97.3 Å². The summed E-state index contributed by atoms with van der Waals surface area (Å²) in [4.78, 5) is 1.79. The van der Waals surface area contributed by atoms with Crippen molar-refractivity contribution in [3.05, 3.63) is 23.0 Å². The topological polar surface area (TPSA) is 20.2 Å². The first-order valence-electron chi connectivity index (χ1n) is 9.36. The van der Waals surface area contributed by atoms with Gasteiger partial charge in [0.15, 0.2) is 0 Å². The summed E-state index contributed by atoms with van der Waals surface area (Å²) in [6.07, 6.45) is 2.70. The molecule has 1 nitrogen and oxygen atoms in total. The lowest BCUT2D eigenvalue weighted by molar-refractivity contribution is 0.223. The van der Waals surface area contributed by atoms with Gasteiger partial charge in [0.25, 0.3) is 0 Å². The fourth-order valence-electron chi connectivity index (χ4n) is 4.17. The van der Waals surface area contributed by atoms with E-state index in [1.807, 2.05) is 6.92 Å². The van der Waals surface area contributed by atoms with Gasteiger partial charge < -0.3 is 5.11 Å². The molecule has 0 saturated heterocycles. The molecule has 1 unspecified atom stereocenters. The van der Waals surface area contributed by atoms with E-state index in [-0.39, 0.29) is 6.10 Å². The minimum Gasteiger partial charge on any atom is -0.389 e. The second-order valence-corrected chi connectivity index (χ2v) is 17.9. The number of rotatable bonds is 11. The van der Waals surface area contributed by atoms with Gasteiger partial charge in [0.1, 0.15) is 0 Å². The van der Waals surface area contributed by atoms with Crippen LogP contribution in [-0.2, 0) is 0 Å². The summed E-state index contributed by atoms with van der Waals surface area (Å²) in [5.74, 6) is 0. The Hall–Kier alpha value is -0.126. The maximum absolute atomic E-state index is 10.6. The van der Waals surface area contributed by atoms with Crippen molar-refractivity contribution in [2.75, 3.05) is 0 Å². The molecule has 22 heavy (non-hydrogen) atoms. The Kier molecular flexibility index (Phi) is 9.83. The summed E-state index contributed by atoms with van der Waals surface area (Å²) in [5, 5.41) is 10.6. The monoisotopic (exact) mass is 340 g/mol. The molecule has 0 aromatic carbocycles. The number of aliphatic hydroxyl groups is 1. The summed E-state index contributed by atoms with van der Waals surface area (Å²) < 4.78 is 0. The molecule has 0 saturated carbocycles. The first-order chi connectivity index (χ1) is 10.3. The first-order valence-corrected chi connectivity index (χ1v) is 14.6. The van der Waals surface area contributed by atoms with Gasteiger partial charge in [-0.3, -0.25) is 0 Å². The Bertz CT molecular complexity index is 327. The van der Waals surface area contributed by atoms with Crippen LogP contribution < -0.4 is 0 Å². The Morgan fingerprint density at radius 1 is 0.864 bits per heavy atom. The lowest BCUT2D eigenvalue weighted by atomic mass is 10.1. The first kappa shape index (κ1) is 21.9. The second-order valence-electron chi connectivity index (χ2n) is 6.99. The van der Waals surface area contributed by atoms with Crippen molar-refractivity contribution in [1.82, 2.24) is 0 Å². The van der Waals surface area contributed by atoms with Gasteiger partial charge in [-0.15, -0.1) is 6.58 Å². The van der Waals surface area contributed by atoms with Gasteiger partial charge in [-0.25, -0.2) is 0 Å². The van der Waals surface area contributed by atoms with Gasteiger partial charge >= 0.3 is 0 Å². The Balaban J connectivity index is 6.07. The fraction of sp³-hybridized carbons (Fsp3) is 0.789. The van der Waals surface area contributed by atoms with Crippen LogP contribution in [0.1, 0.15) is 54.9 Å². The van der Waals surface area contributed by atoms with Crippen LogP contribution >= 0.6 is 0 Å². The van der Waals surface area contributed by atoms with Crippen LogP contribution in [0.3, 0.4) is 0 Å². The zero-order chi connectivity index (χ0) is 17.4. The Labute approximate surface area is 141 Å². The van der Waals surface area contributed by atoms with Crippen LogP contribution in [0.5, 0.6) is 0 Å². The predicted octanol–water partition coefficient (Wildman–Crippen LogP) is 6.34. The van der Waals surface area contributed by atoms with E-state index in [1.165, 1.54) is 36.3 Å². The third-order valence-electron chi connectivity index (χ3n) is 6.12. The summed E-state index contributed by atoms with van der Waals surface area (Å²) in [7, 11) is -2.85. The van der Waals surface area contributed by atoms with Crippen molar-refractivity contribution in [3.8, 4) is 0 Å². The third-order valence-corrected chi connectivity index (χ3v) is 20.0. The number of aliphatic hydroxyl groups excluding tert-OH is 1. The molecule has 0 aliphatic carbocycles. The van der Waals surface area contributed by atoms with Crippen LogP contribution in [-0.4, -0.2) is 27.4 Å². The smallest absolute Gasteiger partial charge is 0.0762 e. The molecule has 0 aromatic heterocycles. The Morgan fingerprint density at radius 3 is 1.41 bits per heavy atom. The maximum atomic E-state index is 10.6. The fourth-order valence-corrected chi connectivity index (χ4v) is 18.2. The minimum absolute atomic E-state index is 0.333. The van der Waals surface area contributed by atoms with E-state index >= 15 is 0 Å². The summed E-state index contributed by atoms with van der Waals surface area (Å²) in [6, 6.07) is 7.92. The van der Waals surface area contributed by atoms with Crippen LogP contribution in [0.2, 0.25) is 36.3 Å². The molecule has 130 valence electrons. The molecule has 0 heterocycles. The molecule has 1 N–H and O–H groups in total. The number of hydrogen-bond donors (Lipinski definition) is 1. The summed E-state index contributed by atoms with van der Waals surface area (Å²) >= 11 is 0. The van der Waals surface area contributed by atoms with E-state index in [4.69, 9.17) is 0 Å². The quantitative estimate of drug-likeness (QED) is 0.344. The van der Waals surface area contributed by atoms with E-state index < -0.39 is 16.1 Å². The van der Waals surface area contributed by atoms with Crippen LogP contribution in [0, 0.1) is 0 Å².